The van der Waals surface area contributed by atoms with Crippen LogP contribution in [0.25, 0.3) is 0 Å². The lowest BCUT2D eigenvalue weighted by Crippen LogP contribution is -2.32. The Bertz CT molecular complexity index is 474. The second-order valence-corrected chi connectivity index (χ2v) is 5.84. The predicted molar refractivity (Wildman–Crippen MR) is 83.9 cm³/mol. The van der Waals surface area contributed by atoms with Crippen LogP contribution in [0.2, 0.25) is 0 Å². The van der Waals surface area contributed by atoms with E-state index in [0.717, 1.165) is 18.5 Å². The van der Waals surface area contributed by atoms with Crippen molar-refractivity contribution in [3.8, 4) is 0 Å². The van der Waals surface area contributed by atoms with Gasteiger partial charge in [-0.1, -0.05) is 27.7 Å². The van der Waals surface area contributed by atoms with E-state index in [4.69, 9.17) is 0 Å². The number of carbonyl (C=O) groups is 1. The Morgan fingerprint density at radius 3 is 2.38 bits per heavy atom. The molecule has 0 radical (unpaired) electrons. The van der Waals surface area contributed by atoms with Gasteiger partial charge in [0.05, 0.1) is 12.2 Å². The highest BCUT2D eigenvalue weighted by Crippen LogP contribution is 2.26. The third kappa shape index (κ3) is 4.43. The third-order valence-electron chi connectivity index (χ3n) is 4.16. The maximum Gasteiger partial charge on any atom is 0.335 e. The fourth-order valence-electron chi connectivity index (χ4n) is 2.12. The molecule has 0 aliphatic carbocycles. The molecule has 0 saturated carbocycles. The number of carboxylic acids is 1. The van der Waals surface area contributed by atoms with Crippen molar-refractivity contribution in [2.24, 2.45) is 5.41 Å². The predicted octanol–water partition coefficient (Wildman–Crippen LogP) is 3.11. The zero-order chi connectivity index (χ0) is 16.0. The molecule has 0 aliphatic rings. The first-order valence-corrected chi connectivity index (χ1v) is 7.47. The quantitative estimate of drug-likeness (QED) is 0.686. The molecule has 0 atom stereocenters. The van der Waals surface area contributed by atoms with Gasteiger partial charge in [0, 0.05) is 17.7 Å². The minimum absolute atomic E-state index is 0.0999. The molecule has 1 heterocycles. The van der Waals surface area contributed by atoms with E-state index < -0.39 is 5.97 Å². The van der Waals surface area contributed by atoms with Gasteiger partial charge in [-0.2, -0.15) is 0 Å². The molecule has 118 valence electrons. The molecule has 3 N–H and O–H groups in total. The van der Waals surface area contributed by atoms with E-state index in [1.807, 2.05) is 27.7 Å². The van der Waals surface area contributed by atoms with Crippen LogP contribution in [0.4, 0.5) is 5.82 Å². The second kappa shape index (κ2) is 7.41. The first-order chi connectivity index (χ1) is 9.87. The molecule has 0 saturated heterocycles. The minimum atomic E-state index is -0.957. The van der Waals surface area contributed by atoms with E-state index in [9.17, 15) is 15.0 Å². The summed E-state index contributed by atoms with van der Waals surface area (Å²) in [5.41, 5.74) is 0.789. The van der Waals surface area contributed by atoms with Crippen LogP contribution in [0, 0.1) is 5.41 Å². The van der Waals surface area contributed by atoms with Crippen LogP contribution in [-0.4, -0.2) is 34.3 Å². The normalized spacial score (nSPS) is 11.7. The number of carboxylic acid groups (broad SMARTS) is 1. The Hall–Kier alpha value is -1.62. The molecular formula is C16H26N2O3. The summed E-state index contributed by atoms with van der Waals surface area (Å²) < 4.78 is 0. The Kier molecular flexibility index (Phi) is 6.15. The van der Waals surface area contributed by atoms with E-state index in [1.54, 1.807) is 12.1 Å². The Morgan fingerprint density at radius 2 is 1.95 bits per heavy atom. The Labute approximate surface area is 126 Å². The number of hydrogen-bond acceptors (Lipinski definition) is 4. The van der Waals surface area contributed by atoms with E-state index >= 15 is 0 Å². The van der Waals surface area contributed by atoms with Crippen molar-refractivity contribution >= 4 is 11.8 Å². The molecule has 1 rings (SSSR count). The summed E-state index contributed by atoms with van der Waals surface area (Å²) in [7, 11) is 0. The summed E-state index contributed by atoms with van der Waals surface area (Å²) in [5, 5.41) is 22.0. The average molecular weight is 294 g/mol. The van der Waals surface area contributed by atoms with Crippen LogP contribution in [0.15, 0.2) is 12.1 Å². The highest BCUT2D eigenvalue weighted by molar-refractivity contribution is 5.88. The van der Waals surface area contributed by atoms with Crippen LogP contribution >= 0.6 is 0 Å². The maximum absolute atomic E-state index is 11.2. The molecule has 5 nitrogen and oxygen atoms in total. The first kappa shape index (κ1) is 17.4. The van der Waals surface area contributed by atoms with E-state index in [0.29, 0.717) is 12.4 Å². The van der Waals surface area contributed by atoms with Crippen molar-refractivity contribution in [3.05, 3.63) is 23.4 Å². The number of nitrogens with one attached hydrogen (secondary N) is 1. The number of nitrogens with zero attached hydrogens (tertiary/aromatic N) is 1. The third-order valence-corrected chi connectivity index (χ3v) is 4.16. The largest absolute Gasteiger partial charge is 0.478 e. The van der Waals surface area contributed by atoms with Gasteiger partial charge in [0.15, 0.2) is 0 Å². The lowest BCUT2D eigenvalue weighted by Gasteiger charge is -2.29. The van der Waals surface area contributed by atoms with Gasteiger partial charge in [-0.05, 0) is 30.9 Å². The van der Waals surface area contributed by atoms with Crippen molar-refractivity contribution in [1.82, 2.24) is 4.98 Å². The van der Waals surface area contributed by atoms with Crippen LogP contribution in [-0.2, 0) is 0 Å². The monoisotopic (exact) mass is 294 g/mol. The molecule has 1 aromatic rings. The van der Waals surface area contributed by atoms with E-state index in [-0.39, 0.29) is 23.5 Å². The molecular weight excluding hydrogens is 268 g/mol. The summed E-state index contributed by atoms with van der Waals surface area (Å²) >= 11 is 0. The summed E-state index contributed by atoms with van der Waals surface area (Å²) in [4.78, 5) is 15.7. The molecule has 0 bridgehead atoms. The smallest absolute Gasteiger partial charge is 0.335 e. The lowest BCUT2D eigenvalue weighted by atomic mass is 9.83. The fraction of sp³-hybridized carbons (Fsp3) is 0.625. The molecule has 0 aliphatic heterocycles. The molecule has 0 aromatic carbocycles. The number of anilines is 1. The Balaban J connectivity index is 2.99. The SMILES string of the molecule is CCC(CC)(CO)CNc1cc(C(=O)O)cc(C(C)C)n1. The minimum Gasteiger partial charge on any atom is -0.478 e. The van der Waals surface area contributed by atoms with Crippen LogP contribution in [0.1, 0.15) is 62.5 Å². The van der Waals surface area contributed by atoms with Gasteiger partial charge >= 0.3 is 5.97 Å². The number of aliphatic hydroxyl groups is 1. The topological polar surface area (TPSA) is 82.5 Å². The van der Waals surface area contributed by atoms with Gasteiger partial charge in [0.25, 0.3) is 0 Å². The number of rotatable bonds is 8. The highest BCUT2D eigenvalue weighted by atomic mass is 16.4. The van der Waals surface area contributed by atoms with Crippen LogP contribution < -0.4 is 5.32 Å². The zero-order valence-corrected chi connectivity index (χ0v) is 13.3. The van der Waals surface area contributed by atoms with Gasteiger partial charge in [-0.3, -0.25) is 0 Å². The number of pyridine rings is 1. The molecule has 1 aromatic heterocycles. The summed E-state index contributed by atoms with van der Waals surface area (Å²) in [6.07, 6.45) is 1.70. The molecule has 0 amide bonds. The molecule has 0 unspecified atom stereocenters. The lowest BCUT2D eigenvalue weighted by molar-refractivity contribution is 0.0696. The average Bonchev–Trinajstić information content (AvgIpc) is 2.48. The van der Waals surface area contributed by atoms with Crippen molar-refractivity contribution in [2.75, 3.05) is 18.5 Å². The standard InChI is InChI=1S/C16H26N2O3/c1-5-16(6-2,10-19)9-17-14-8-12(15(20)21)7-13(18-14)11(3)4/h7-8,11,19H,5-6,9-10H2,1-4H3,(H,17,18)(H,20,21). The number of aliphatic hydroxyl groups excluding tert-OH is 1. The summed E-state index contributed by atoms with van der Waals surface area (Å²) in [6.45, 7) is 8.72. The number of hydrogen-bond donors (Lipinski definition) is 3. The van der Waals surface area contributed by atoms with Crippen molar-refractivity contribution in [3.63, 3.8) is 0 Å². The molecule has 5 heteroatoms. The van der Waals surface area contributed by atoms with E-state index in [2.05, 4.69) is 10.3 Å². The maximum atomic E-state index is 11.2. The van der Waals surface area contributed by atoms with Crippen LogP contribution in [0.5, 0.6) is 0 Å². The van der Waals surface area contributed by atoms with Gasteiger partial charge in [-0.25, -0.2) is 9.78 Å². The Morgan fingerprint density at radius 1 is 1.33 bits per heavy atom. The van der Waals surface area contributed by atoms with Crippen molar-refractivity contribution in [1.29, 1.82) is 0 Å². The summed E-state index contributed by atoms with van der Waals surface area (Å²) in [6, 6.07) is 3.15. The first-order valence-electron chi connectivity index (χ1n) is 7.47. The highest BCUT2D eigenvalue weighted by Gasteiger charge is 2.25. The van der Waals surface area contributed by atoms with E-state index in [1.165, 1.54) is 0 Å². The summed E-state index contributed by atoms with van der Waals surface area (Å²) in [5.74, 6) is -0.245. The molecule has 0 fully saturated rings. The van der Waals surface area contributed by atoms with Gasteiger partial charge in [0.2, 0.25) is 0 Å². The number of aromatic nitrogens is 1. The van der Waals surface area contributed by atoms with Gasteiger partial charge in [0.1, 0.15) is 5.82 Å². The van der Waals surface area contributed by atoms with Gasteiger partial charge in [-0.15, -0.1) is 0 Å². The number of aromatic carboxylic acids is 1. The zero-order valence-electron chi connectivity index (χ0n) is 13.3. The van der Waals surface area contributed by atoms with Crippen molar-refractivity contribution < 1.29 is 15.0 Å². The molecule has 21 heavy (non-hydrogen) atoms. The second-order valence-electron chi connectivity index (χ2n) is 5.84. The van der Waals surface area contributed by atoms with Crippen molar-refractivity contribution in [2.45, 2.75) is 46.5 Å². The molecule has 0 spiro atoms. The fourth-order valence-corrected chi connectivity index (χ4v) is 2.12. The van der Waals surface area contributed by atoms with Gasteiger partial charge < -0.3 is 15.5 Å². The van der Waals surface area contributed by atoms with Crippen LogP contribution in [0.3, 0.4) is 0 Å².